The van der Waals surface area contributed by atoms with E-state index in [1.807, 2.05) is 16.8 Å². The van der Waals surface area contributed by atoms with E-state index in [1.54, 1.807) is 0 Å². The van der Waals surface area contributed by atoms with Crippen LogP contribution in [0.25, 0.3) is 0 Å². The van der Waals surface area contributed by atoms with Crippen LogP contribution >= 0.6 is 0 Å². The molecule has 1 saturated carbocycles. The molecule has 0 bridgehead atoms. The molecular formula is C16H26N4O2. The zero-order valence-corrected chi connectivity index (χ0v) is 13.5. The third kappa shape index (κ3) is 2.73. The van der Waals surface area contributed by atoms with Crippen LogP contribution in [0.5, 0.6) is 0 Å². The van der Waals surface area contributed by atoms with Crippen LogP contribution in [0.3, 0.4) is 0 Å². The highest BCUT2D eigenvalue weighted by molar-refractivity contribution is 5.87. The number of hydrogen-bond acceptors (Lipinski definition) is 5. The van der Waals surface area contributed by atoms with E-state index >= 15 is 0 Å². The number of carbonyl (C=O) groups is 1. The van der Waals surface area contributed by atoms with Gasteiger partial charge in [-0.3, -0.25) is 14.6 Å². The van der Waals surface area contributed by atoms with Crippen LogP contribution in [0.15, 0.2) is 0 Å². The number of nitrogens with zero attached hydrogens (tertiary/aromatic N) is 4. The van der Waals surface area contributed by atoms with E-state index in [0.717, 1.165) is 65.1 Å². The van der Waals surface area contributed by atoms with Crippen molar-refractivity contribution in [3.63, 3.8) is 0 Å². The summed E-state index contributed by atoms with van der Waals surface area (Å²) in [5, 5.41) is 9.28. The van der Waals surface area contributed by atoms with Gasteiger partial charge in [-0.15, -0.1) is 0 Å². The summed E-state index contributed by atoms with van der Waals surface area (Å²) in [6.07, 6.45) is 4.15. The van der Waals surface area contributed by atoms with E-state index in [-0.39, 0.29) is 17.5 Å². The fourth-order valence-electron chi connectivity index (χ4n) is 4.11. The molecule has 0 radical (unpaired) electrons. The normalized spacial score (nSPS) is 30.2. The Labute approximate surface area is 132 Å². The van der Waals surface area contributed by atoms with Crippen LogP contribution < -0.4 is 0 Å². The van der Waals surface area contributed by atoms with Gasteiger partial charge in [0.2, 0.25) is 5.91 Å². The SMILES string of the molecule is CN1CCN(C(=O)C2(N3CCOCC3)CCCC2)CC1C#N. The molecule has 2 saturated heterocycles. The number of piperazine rings is 1. The second-order valence-electron chi connectivity index (χ2n) is 6.71. The second kappa shape index (κ2) is 6.53. The number of likely N-dealkylation sites (N-methyl/N-ethyl adjacent to an activating group) is 1. The first-order valence-corrected chi connectivity index (χ1v) is 8.39. The van der Waals surface area contributed by atoms with Crippen molar-refractivity contribution < 1.29 is 9.53 Å². The van der Waals surface area contributed by atoms with Crippen LogP contribution in [0.2, 0.25) is 0 Å². The lowest BCUT2D eigenvalue weighted by atomic mass is 9.91. The van der Waals surface area contributed by atoms with Gasteiger partial charge in [-0.2, -0.15) is 5.26 Å². The van der Waals surface area contributed by atoms with E-state index in [2.05, 4.69) is 11.0 Å². The summed E-state index contributed by atoms with van der Waals surface area (Å²) in [6.45, 7) is 5.19. The molecule has 22 heavy (non-hydrogen) atoms. The highest BCUT2D eigenvalue weighted by Gasteiger charge is 2.49. The van der Waals surface area contributed by atoms with Crippen LogP contribution in [-0.2, 0) is 9.53 Å². The maximum absolute atomic E-state index is 13.3. The zero-order chi connectivity index (χ0) is 15.6. The summed E-state index contributed by atoms with van der Waals surface area (Å²) >= 11 is 0. The molecule has 0 aromatic heterocycles. The van der Waals surface area contributed by atoms with Gasteiger partial charge in [-0.1, -0.05) is 12.8 Å². The Balaban J connectivity index is 1.77. The maximum Gasteiger partial charge on any atom is 0.243 e. The molecule has 2 heterocycles. The second-order valence-corrected chi connectivity index (χ2v) is 6.71. The predicted octanol–water partition coefficient (Wildman–Crippen LogP) is 0.298. The van der Waals surface area contributed by atoms with E-state index in [0.29, 0.717) is 6.54 Å². The number of rotatable bonds is 2. The number of hydrogen-bond donors (Lipinski definition) is 0. The highest BCUT2D eigenvalue weighted by Crippen LogP contribution is 2.37. The molecule has 2 aliphatic heterocycles. The van der Waals surface area contributed by atoms with Crippen molar-refractivity contribution in [1.82, 2.24) is 14.7 Å². The fourth-order valence-corrected chi connectivity index (χ4v) is 4.11. The Hall–Kier alpha value is -1.16. The third-order valence-electron chi connectivity index (χ3n) is 5.53. The molecular weight excluding hydrogens is 280 g/mol. The fraction of sp³-hybridized carbons (Fsp3) is 0.875. The molecule has 0 aromatic carbocycles. The zero-order valence-electron chi connectivity index (χ0n) is 13.5. The van der Waals surface area contributed by atoms with Crippen LogP contribution in [0, 0.1) is 11.3 Å². The monoisotopic (exact) mass is 306 g/mol. The van der Waals surface area contributed by atoms with Gasteiger partial charge >= 0.3 is 0 Å². The minimum Gasteiger partial charge on any atom is -0.379 e. The van der Waals surface area contributed by atoms with Crippen molar-refractivity contribution in [3.8, 4) is 6.07 Å². The number of amides is 1. The maximum atomic E-state index is 13.3. The molecule has 1 unspecified atom stereocenters. The molecule has 3 aliphatic rings. The molecule has 3 rings (SSSR count). The number of morpholine rings is 1. The number of nitriles is 1. The molecule has 1 aliphatic carbocycles. The molecule has 6 nitrogen and oxygen atoms in total. The van der Waals surface area contributed by atoms with E-state index in [4.69, 9.17) is 4.74 Å². The minimum atomic E-state index is -0.334. The van der Waals surface area contributed by atoms with Crippen molar-refractivity contribution >= 4 is 5.91 Å². The first kappa shape index (κ1) is 15.7. The Morgan fingerprint density at radius 1 is 1.18 bits per heavy atom. The molecule has 3 fully saturated rings. The first-order chi connectivity index (χ1) is 10.7. The molecule has 0 aromatic rings. The van der Waals surface area contributed by atoms with Gasteiger partial charge in [0.15, 0.2) is 0 Å². The average Bonchev–Trinajstić information content (AvgIpc) is 3.06. The van der Waals surface area contributed by atoms with E-state index < -0.39 is 0 Å². The van der Waals surface area contributed by atoms with Gasteiger partial charge < -0.3 is 9.64 Å². The van der Waals surface area contributed by atoms with Crippen LogP contribution in [-0.4, -0.2) is 85.2 Å². The summed E-state index contributed by atoms with van der Waals surface area (Å²) < 4.78 is 5.46. The van der Waals surface area contributed by atoms with E-state index in [9.17, 15) is 10.1 Å². The molecule has 0 spiro atoms. The molecule has 0 N–H and O–H groups in total. The number of ether oxygens (including phenoxy) is 1. The molecule has 6 heteroatoms. The van der Waals surface area contributed by atoms with Gasteiger partial charge in [0, 0.05) is 32.7 Å². The van der Waals surface area contributed by atoms with Crippen molar-refractivity contribution in [1.29, 1.82) is 5.26 Å². The summed E-state index contributed by atoms with van der Waals surface area (Å²) in [6, 6.07) is 2.14. The summed E-state index contributed by atoms with van der Waals surface area (Å²) in [5.41, 5.74) is -0.334. The van der Waals surface area contributed by atoms with Crippen molar-refractivity contribution in [2.24, 2.45) is 0 Å². The van der Waals surface area contributed by atoms with Crippen LogP contribution in [0.4, 0.5) is 0 Å². The smallest absolute Gasteiger partial charge is 0.243 e. The lowest BCUT2D eigenvalue weighted by Gasteiger charge is -2.46. The number of carbonyl (C=O) groups excluding carboxylic acids is 1. The largest absolute Gasteiger partial charge is 0.379 e. The van der Waals surface area contributed by atoms with E-state index in [1.165, 1.54) is 0 Å². The standard InChI is InChI=1S/C16H26N4O2/c1-18-6-7-19(13-14(18)12-17)15(21)16(4-2-3-5-16)20-8-10-22-11-9-20/h14H,2-11,13H2,1H3. The first-order valence-electron chi connectivity index (χ1n) is 8.39. The summed E-state index contributed by atoms with van der Waals surface area (Å²) in [7, 11) is 1.96. The lowest BCUT2D eigenvalue weighted by molar-refractivity contribution is -0.150. The third-order valence-corrected chi connectivity index (χ3v) is 5.53. The van der Waals surface area contributed by atoms with Gasteiger partial charge in [0.05, 0.1) is 19.3 Å². The predicted molar refractivity (Wildman–Crippen MR) is 82.2 cm³/mol. The molecule has 1 atom stereocenters. The Bertz CT molecular complexity index is 450. The highest BCUT2D eigenvalue weighted by atomic mass is 16.5. The molecule has 122 valence electrons. The Morgan fingerprint density at radius 3 is 2.50 bits per heavy atom. The quantitative estimate of drug-likeness (QED) is 0.734. The van der Waals surface area contributed by atoms with Gasteiger partial charge in [-0.05, 0) is 19.9 Å². The lowest BCUT2D eigenvalue weighted by Crippen LogP contribution is -2.64. The summed E-state index contributed by atoms with van der Waals surface area (Å²) in [5.74, 6) is 0.250. The van der Waals surface area contributed by atoms with Crippen LogP contribution in [0.1, 0.15) is 25.7 Å². The minimum absolute atomic E-state index is 0.180. The van der Waals surface area contributed by atoms with Gasteiger partial charge in [0.25, 0.3) is 0 Å². The van der Waals surface area contributed by atoms with Gasteiger partial charge in [-0.25, -0.2) is 0 Å². The average molecular weight is 306 g/mol. The Kier molecular flexibility index (Phi) is 4.67. The van der Waals surface area contributed by atoms with Gasteiger partial charge in [0.1, 0.15) is 11.6 Å². The topological polar surface area (TPSA) is 59.8 Å². The van der Waals surface area contributed by atoms with Crippen molar-refractivity contribution in [2.75, 3.05) is 53.0 Å². The van der Waals surface area contributed by atoms with Crippen molar-refractivity contribution in [3.05, 3.63) is 0 Å². The summed E-state index contributed by atoms with van der Waals surface area (Å²) in [4.78, 5) is 19.6. The molecule has 1 amide bonds. The van der Waals surface area contributed by atoms with Crippen molar-refractivity contribution in [2.45, 2.75) is 37.3 Å². The Morgan fingerprint density at radius 2 is 1.86 bits per heavy atom.